The van der Waals surface area contributed by atoms with Crippen molar-refractivity contribution in [3.05, 3.63) is 40.5 Å². The predicted octanol–water partition coefficient (Wildman–Crippen LogP) is 2.31. The third kappa shape index (κ3) is 2.25. The summed E-state index contributed by atoms with van der Waals surface area (Å²) in [6, 6.07) is 3.92. The molecule has 1 fully saturated rings. The number of hydrogen-bond acceptors (Lipinski definition) is 5. The average molecular weight is 303 g/mol. The molecular weight excluding hydrogens is 286 g/mol. The van der Waals surface area contributed by atoms with Crippen molar-refractivity contribution in [1.29, 1.82) is 0 Å². The summed E-state index contributed by atoms with van der Waals surface area (Å²) < 4.78 is 11.6. The van der Waals surface area contributed by atoms with Gasteiger partial charge >= 0.3 is 0 Å². The lowest BCUT2D eigenvalue weighted by Crippen LogP contribution is -2.38. The van der Waals surface area contributed by atoms with Gasteiger partial charge in [0.15, 0.2) is 11.6 Å². The zero-order valence-corrected chi connectivity index (χ0v) is 12.4. The largest absolute Gasteiger partial charge is 0.440 e. The molecule has 2 aromatic heterocycles. The Bertz CT molecular complexity index is 657. The van der Waals surface area contributed by atoms with Crippen molar-refractivity contribution in [2.24, 2.45) is 5.73 Å². The second-order valence-corrected chi connectivity index (χ2v) is 6.07. The minimum Gasteiger partial charge on any atom is -0.440 e. The monoisotopic (exact) mass is 303 g/mol. The molecule has 3 N–H and O–H groups in total. The molecule has 1 atom stereocenters. The van der Waals surface area contributed by atoms with Crippen molar-refractivity contribution in [3.8, 4) is 17.0 Å². The van der Waals surface area contributed by atoms with Gasteiger partial charge in [0.25, 0.3) is 0 Å². The highest BCUT2D eigenvalue weighted by atomic mass is 32.1. The molecule has 5 nitrogen and oxygen atoms in total. The molecule has 0 amide bonds. The van der Waals surface area contributed by atoms with Gasteiger partial charge in [-0.25, -0.2) is 0 Å². The van der Waals surface area contributed by atoms with Crippen LogP contribution in [0.5, 0.6) is 5.75 Å². The summed E-state index contributed by atoms with van der Waals surface area (Å²) in [4.78, 5) is 6.51. The van der Waals surface area contributed by atoms with Crippen LogP contribution in [0.2, 0.25) is 0 Å². The minimum absolute atomic E-state index is 0.111. The maximum atomic E-state index is 6.30. The number of morpholine rings is 1. The Labute approximate surface area is 127 Å². The van der Waals surface area contributed by atoms with Crippen molar-refractivity contribution in [2.75, 3.05) is 26.3 Å². The molecule has 4 heterocycles. The van der Waals surface area contributed by atoms with Gasteiger partial charge in [0, 0.05) is 30.4 Å². The van der Waals surface area contributed by atoms with E-state index in [4.69, 9.17) is 15.2 Å². The summed E-state index contributed by atoms with van der Waals surface area (Å²) in [5.74, 6) is 1.74. The fourth-order valence-electron chi connectivity index (χ4n) is 2.70. The highest BCUT2D eigenvalue weighted by Crippen LogP contribution is 2.44. The van der Waals surface area contributed by atoms with Crippen LogP contribution in [-0.2, 0) is 4.74 Å². The molecule has 2 aliphatic rings. The smallest absolute Gasteiger partial charge is 0.194 e. The third-order valence-electron chi connectivity index (χ3n) is 3.81. The van der Waals surface area contributed by atoms with Gasteiger partial charge in [0.05, 0.1) is 29.7 Å². The Hall–Kier alpha value is -1.76. The molecule has 0 aromatic carbocycles. The molecule has 1 saturated heterocycles. The van der Waals surface area contributed by atoms with E-state index in [1.807, 2.05) is 24.4 Å². The average Bonchev–Trinajstić information content (AvgIpc) is 3.16. The van der Waals surface area contributed by atoms with Crippen LogP contribution in [-0.4, -0.2) is 36.2 Å². The second-order valence-electron chi connectivity index (χ2n) is 5.16. The third-order valence-corrected chi connectivity index (χ3v) is 4.88. The number of ether oxygens (including phenoxy) is 2. The summed E-state index contributed by atoms with van der Waals surface area (Å²) >= 11 is 1.65. The Kier molecular flexibility index (Phi) is 3.21. The molecule has 0 spiro atoms. The molecular formula is C15H17N3O2S. The first-order valence-electron chi connectivity index (χ1n) is 7.06. The number of H-pyrrole nitrogens is 1. The fraction of sp³-hybridized carbons (Fsp3) is 0.333. The second kappa shape index (κ2) is 5.22. The Morgan fingerprint density at radius 1 is 1.33 bits per heavy atom. The molecule has 110 valence electrons. The first-order valence-corrected chi connectivity index (χ1v) is 7.94. The number of rotatable bonds is 2. The van der Waals surface area contributed by atoms with Crippen molar-refractivity contribution >= 4 is 11.3 Å². The van der Waals surface area contributed by atoms with E-state index in [1.165, 1.54) is 0 Å². The SMILES string of the molecule is NC1C=C(N2CCOCC2)Oc2c(-c3ccc[nH]3)csc21. The maximum absolute atomic E-state index is 6.30. The van der Waals surface area contributed by atoms with Gasteiger partial charge in [0.2, 0.25) is 0 Å². The van der Waals surface area contributed by atoms with Gasteiger partial charge in [0.1, 0.15) is 0 Å². The van der Waals surface area contributed by atoms with Gasteiger partial charge in [-0.3, -0.25) is 0 Å². The molecule has 0 aliphatic carbocycles. The number of nitrogens with zero attached hydrogens (tertiary/aromatic N) is 1. The lowest BCUT2D eigenvalue weighted by Gasteiger charge is -2.33. The fourth-order valence-corrected chi connectivity index (χ4v) is 3.67. The predicted molar refractivity (Wildman–Crippen MR) is 82.1 cm³/mol. The summed E-state index contributed by atoms with van der Waals surface area (Å²) in [5, 5.41) is 2.10. The topological polar surface area (TPSA) is 63.5 Å². The van der Waals surface area contributed by atoms with E-state index in [-0.39, 0.29) is 6.04 Å². The molecule has 0 bridgehead atoms. The zero-order chi connectivity index (χ0) is 14.2. The van der Waals surface area contributed by atoms with Crippen LogP contribution in [0.1, 0.15) is 10.9 Å². The van der Waals surface area contributed by atoms with Gasteiger partial charge in [-0.2, -0.15) is 0 Å². The van der Waals surface area contributed by atoms with E-state index >= 15 is 0 Å². The molecule has 0 radical (unpaired) electrons. The number of nitrogens with two attached hydrogens (primary N) is 1. The lowest BCUT2D eigenvalue weighted by atomic mass is 10.1. The van der Waals surface area contributed by atoms with Crippen LogP contribution in [0.3, 0.4) is 0 Å². The van der Waals surface area contributed by atoms with Crippen molar-refractivity contribution in [3.63, 3.8) is 0 Å². The highest BCUT2D eigenvalue weighted by molar-refractivity contribution is 7.11. The Morgan fingerprint density at radius 3 is 2.95 bits per heavy atom. The van der Waals surface area contributed by atoms with E-state index in [0.717, 1.165) is 54.1 Å². The van der Waals surface area contributed by atoms with Crippen LogP contribution in [0, 0.1) is 0 Å². The van der Waals surface area contributed by atoms with E-state index < -0.39 is 0 Å². The van der Waals surface area contributed by atoms with Gasteiger partial charge in [-0.05, 0) is 18.2 Å². The van der Waals surface area contributed by atoms with E-state index in [1.54, 1.807) is 11.3 Å². The summed E-state index contributed by atoms with van der Waals surface area (Å²) in [6.07, 6.45) is 3.92. The van der Waals surface area contributed by atoms with Crippen LogP contribution in [0.25, 0.3) is 11.3 Å². The van der Waals surface area contributed by atoms with E-state index in [0.29, 0.717) is 0 Å². The first kappa shape index (κ1) is 12.9. The van der Waals surface area contributed by atoms with Crippen molar-refractivity contribution in [1.82, 2.24) is 9.88 Å². The van der Waals surface area contributed by atoms with Crippen molar-refractivity contribution < 1.29 is 9.47 Å². The van der Waals surface area contributed by atoms with E-state index in [9.17, 15) is 0 Å². The van der Waals surface area contributed by atoms with Gasteiger partial charge in [-0.15, -0.1) is 11.3 Å². The van der Waals surface area contributed by atoms with Crippen LogP contribution < -0.4 is 10.5 Å². The van der Waals surface area contributed by atoms with Gasteiger partial charge in [-0.1, -0.05) is 0 Å². The van der Waals surface area contributed by atoms with E-state index in [2.05, 4.69) is 15.3 Å². The molecule has 1 unspecified atom stereocenters. The number of fused-ring (bicyclic) bond motifs is 1. The van der Waals surface area contributed by atoms with Crippen LogP contribution >= 0.6 is 11.3 Å². The number of thiophene rings is 1. The summed E-state index contributed by atoms with van der Waals surface area (Å²) in [6.45, 7) is 3.15. The molecule has 0 saturated carbocycles. The first-order chi connectivity index (χ1) is 10.3. The maximum Gasteiger partial charge on any atom is 0.194 e. The standard InChI is InChI=1S/C15H17N3O2S/c16-11-8-13(18-4-6-19-7-5-18)20-14-10(9-21-15(11)14)12-2-1-3-17-12/h1-3,8-9,11,17H,4-7,16H2. The molecule has 2 aliphatic heterocycles. The number of hydrogen-bond donors (Lipinski definition) is 2. The molecule has 6 heteroatoms. The van der Waals surface area contributed by atoms with Gasteiger partial charge < -0.3 is 25.1 Å². The lowest BCUT2D eigenvalue weighted by molar-refractivity contribution is 0.0337. The quantitative estimate of drug-likeness (QED) is 0.893. The summed E-state index contributed by atoms with van der Waals surface area (Å²) in [5.41, 5.74) is 8.43. The Balaban J connectivity index is 1.68. The van der Waals surface area contributed by atoms with Crippen LogP contribution in [0.4, 0.5) is 0 Å². The summed E-state index contributed by atoms with van der Waals surface area (Å²) in [7, 11) is 0. The van der Waals surface area contributed by atoms with Crippen LogP contribution in [0.15, 0.2) is 35.7 Å². The number of aromatic nitrogens is 1. The highest BCUT2D eigenvalue weighted by Gasteiger charge is 2.28. The van der Waals surface area contributed by atoms with Crippen molar-refractivity contribution in [2.45, 2.75) is 6.04 Å². The Morgan fingerprint density at radius 2 is 2.19 bits per heavy atom. The zero-order valence-electron chi connectivity index (χ0n) is 11.5. The number of aromatic amines is 1. The molecule has 4 rings (SSSR count). The number of nitrogens with one attached hydrogen (secondary N) is 1. The molecule has 2 aromatic rings. The molecule has 21 heavy (non-hydrogen) atoms. The minimum atomic E-state index is -0.111. The normalized spacial score (nSPS) is 21.7.